The highest BCUT2D eigenvalue weighted by Gasteiger charge is 2.29. The Morgan fingerprint density at radius 2 is 2.03 bits per heavy atom. The highest BCUT2D eigenvalue weighted by molar-refractivity contribution is 5.95. The lowest BCUT2D eigenvalue weighted by Gasteiger charge is -2.29. The molecule has 0 bridgehead atoms. The first-order valence-corrected chi connectivity index (χ1v) is 13.1. The molecule has 1 aromatic carbocycles. The molecule has 0 saturated carbocycles. The van der Waals surface area contributed by atoms with Gasteiger partial charge in [0.2, 0.25) is 0 Å². The molecule has 6 rings (SSSR count). The lowest BCUT2D eigenvalue weighted by molar-refractivity contribution is -0.0375. The summed E-state index contributed by atoms with van der Waals surface area (Å²) in [5.41, 5.74) is 5.02. The normalized spacial score (nSPS) is 17.5. The van der Waals surface area contributed by atoms with E-state index in [4.69, 9.17) is 14.6 Å². The van der Waals surface area contributed by atoms with Crippen LogP contribution in [0.1, 0.15) is 35.4 Å². The van der Waals surface area contributed by atoms with Gasteiger partial charge in [0.05, 0.1) is 42.9 Å². The number of nitrogens with zero attached hydrogens (tertiary/aromatic N) is 6. The fraction of sp³-hybridized carbons (Fsp3) is 0.310. The third-order valence-electron chi connectivity index (χ3n) is 7.12. The summed E-state index contributed by atoms with van der Waals surface area (Å²) in [6.07, 6.45) is 5.28. The largest absolute Gasteiger partial charge is 0.461 e. The van der Waals surface area contributed by atoms with Crippen LogP contribution in [0.5, 0.6) is 0 Å². The number of pyridine rings is 1. The average Bonchev–Trinajstić information content (AvgIpc) is 3.56. The van der Waals surface area contributed by atoms with Crippen LogP contribution in [0.4, 0.5) is 5.69 Å². The predicted octanol–water partition coefficient (Wildman–Crippen LogP) is 3.88. The Labute approximate surface area is 225 Å². The van der Waals surface area contributed by atoms with Crippen LogP contribution < -0.4 is 4.90 Å². The van der Waals surface area contributed by atoms with E-state index in [1.54, 1.807) is 17.6 Å². The fourth-order valence-corrected chi connectivity index (χ4v) is 5.23. The maximum absolute atomic E-state index is 12.8. The van der Waals surface area contributed by atoms with E-state index >= 15 is 0 Å². The third-order valence-corrected chi connectivity index (χ3v) is 7.12. The van der Waals surface area contributed by atoms with Gasteiger partial charge in [0.15, 0.2) is 11.3 Å². The summed E-state index contributed by atoms with van der Waals surface area (Å²) in [6.45, 7) is 3.51. The van der Waals surface area contributed by atoms with Gasteiger partial charge in [0.1, 0.15) is 5.65 Å². The maximum atomic E-state index is 12.8. The molecule has 0 radical (unpaired) electrons. The number of aliphatic hydroxyl groups is 1. The molecule has 1 aliphatic rings. The van der Waals surface area contributed by atoms with Crippen LogP contribution in [0.2, 0.25) is 0 Å². The van der Waals surface area contributed by atoms with Crippen LogP contribution in [-0.2, 0) is 16.0 Å². The molecule has 5 aromatic rings. The summed E-state index contributed by atoms with van der Waals surface area (Å²) in [5.74, 6) is -0.485. The van der Waals surface area contributed by atoms with Crippen LogP contribution >= 0.6 is 0 Å². The van der Waals surface area contributed by atoms with E-state index in [1.807, 2.05) is 54.2 Å². The lowest BCUT2D eigenvalue weighted by atomic mass is 10.1. The number of aliphatic hydroxyl groups excluding tert-OH is 1. The lowest BCUT2D eigenvalue weighted by Crippen LogP contribution is -2.34. The van der Waals surface area contributed by atoms with E-state index in [0.29, 0.717) is 30.9 Å². The van der Waals surface area contributed by atoms with Crippen molar-refractivity contribution in [1.82, 2.24) is 24.1 Å². The van der Waals surface area contributed by atoms with Crippen LogP contribution in [0.15, 0.2) is 67.1 Å². The Kier molecular flexibility index (Phi) is 6.72. The number of hydrogen-bond acceptors (Lipinski definition) is 8. The van der Waals surface area contributed by atoms with Gasteiger partial charge in [-0.3, -0.25) is 0 Å². The second-order valence-electron chi connectivity index (χ2n) is 9.68. The Morgan fingerprint density at radius 1 is 1.18 bits per heavy atom. The molecule has 1 fully saturated rings. The number of anilines is 1. The number of carbonyl (C=O) groups is 1. The van der Waals surface area contributed by atoms with Gasteiger partial charge in [0, 0.05) is 43.5 Å². The molecule has 0 spiro atoms. The van der Waals surface area contributed by atoms with Crippen LogP contribution in [0, 0.1) is 0 Å². The monoisotopic (exact) mass is 526 g/mol. The number of ether oxygens (including phenoxy) is 2. The molecule has 10 nitrogen and oxygen atoms in total. The highest BCUT2D eigenvalue weighted by atomic mass is 16.5. The van der Waals surface area contributed by atoms with Crippen LogP contribution in [0.3, 0.4) is 0 Å². The van der Waals surface area contributed by atoms with Gasteiger partial charge in [0.25, 0.3) is 0 Å². The quantitative estimate of drug-likeness (QED) is 0.319. The zero-order valence-corrected chi connectivity index (χ0v) is 21.9. The molecule has 1 saturated heterocycles. The molecular weight excluding hydrogens is 496 g/mol. The summed E-state index contributed by atoms with van der Waals surface area (Å²) >= 11 is 0. The smallest absolute Gasteiger partial charge is 0.358 e. The van der Waals surface area contributed by atoms with Crippen molar-refractivity contribution in [2.75, 3.05) is 31.8 Å². The Balaban J connectivity index is 1.53. The Morgan fingerprint density at radius 3 is 2.82 bits per heavy atom. The van der Waals surface area contributed by atoms with Crippen molar-refractivity contribution in [3.05, 3.63) is 78.4 Å². The molecule has 1 unspecified atom stereocenters. The van der Waals surface area contributed by atoms with E-state index < -0.39 is 12.1 Å². The van der Waals surface area contributed by atoms with Gasteiger partial charge in [-0.2, -0.15) is 5.10 Å². The van der Waals surface area contributed by atoms with Gasteiger partial charge in [-0.05, 0) is 37.1 Å². The minimum absolute atomic E-state index is 0.169. The van der Waals surface area contributed by atoms with Gasteiger partial charge >= 0.3 is 5.97 Å². The van der Waals surface area contributed by atoms with Crippen molar-refractivity contribution in [3.63, 3.8) is 0 Å². The number of aromatic nitrogens is 5. The van der Waals surface area contributed by atoms with Crippen molar-refractivity contribution in [2.24, 2.45) is 0 Å². The minimum atomic E-state index is -0.642. The van der Waals surface area contributed by atoms with E-state index in [9.17, 15) is 9.90 Å². The van der Waals surface area contributed by atoms with E-state index in [1.165, 1.54) is 6.20 Å². The van der Waals surface area contributed by atoms with Crippen molar-refractivity contribution < 1.29 is 19.4 Å². The number of hydrogen-bond donors (Lipinski definition) is 1. The molecule has 2 atom stereocenters. The number of fused-ring (bicyclic) bond motifs is 2. The van der Waals surface area contributed by atoms with E-state index in [0.717, 1.165) is 27.8 Å². The van der Waals surface area contributed by atoms with Gasteiger partial charge < -0.3 is 24.0 Å². The third kappa shape index (κ3) is 4.62. The molecule has 0 amide bonds. The van der Waals surface area contributed by atoms with Gasteiger partial charge in [-0.25, -0.2) is 19.3 Å². The molecule has 0 aliphatic carbocycles. The molecule has 5 heterocycles. The fourth-order valence-electron chi connectivity index (χ4n) is 5.23. The van der Waals surface area contributed by atoms with Crippen molar-refractivity contribution >= 4 is 28.3 Å². The van der Waals surface area contributed by atoms with Crippen LogP contribution in [0.25, 0.3) is 27.9 Å². The second kappa shape index (κ2) is 10.5. The first kappa shape index (κ1) is 25.0. The topological polar surface area (TPSA) is 107 Å². The zero-order chi connectivity index (χ0) is 26.9. The van der Waals surface area contributed by atoms with E-state index in [2.05, 4.69) is 27.0 Å². The SMILES string of the molecule is CCOC(=O)c1cnc2c(N(C)Cc3ccccc3)cc(-c3cn(C4CCOC[C@H]4O)c4ncccc34)nn12. The number of esters is 1. The van der Waals surface area contributed by atoms with Gasteiger partial charge in [-0.15, -0.1) is 0 Å². The standard InChI is InChI=1S/C29H30N6O4/c1-3-39-29(37)25-15-31-28-24(33(2)16-19-8-5-4-6-9-19)14-22(32-35(25)28)21-17-34(23-11-13-38-18-26(23)36)27-20(21)10-7-12-30-27/h4-10,12,14-15,17,23,26,36H,3,11,13,16,18H2,1-2H3/t23?,26-/m1/s1. The second-order valence-corrected chi connectivity index (χ2v) is 9.68. The number of carbonyl (C=O) groups excluding carboxylic acids is 1. The number of imidazole rings is 1. The molecular formula is C29H30N6O4. The molecule has 1 aliphatic heterocycles. The first-order valence-electron chi connectivity index (χ1n) is 13.1. The van der Waals surface area contributed by atoms with Crippen LogP contribution in [-0.4, -0.2) is 68.2 Å². The first-order chi connectivity index (χ1) is 19.0. The van der Waals surface area contributed by atoms with E-state index in [-0.39, 0.29) is 24.9 Å². The Hall–Kier alpha value is -4.28. The number of benzene rings is 1. The molecule has 39 heavy (non-hydrogen) atoms. The van der Waals surface area contributed by atoms with Crippen molar-refractivity contribution in [3.8, 4) is 11.3 Å². The highest BCUT2D eigenvalue weighted by Crippen LogP contribution is 2.36. The molecule has 1 N–H and O–H groups in total. The molecule has 4 aromatic heterocycles. The summed E-state index contributed by atoms with van der Waals surface area (Å²) < 4.78 is 14.3. The van der Waals surface area contributed by atoms with Crippen molar-refractivity contribution in [1.29, 1.82) is 0 Å². The zero-order valence-electron chi connectivity index (χ0n) is 21.9. The summed E-state index contributed by atoms with van der Waals surface area (Å²) in [6, 6.07) is 15.9. The summed E-state index contributed by atoms with van der Waals surface area (Å²) in [7, 11) is 1.99. The predicted molar refractivity (Wildman–Crippen MR) is 147 cm³/mol. The summed E-state index contributed by atoms with van der Waals surface area (Å²) in [4.78, 5) is 24.1. The number of rotatable bonds is 7. The molecule has 200 valence electrons. The molecule has 10 heteroatoms. The Bertz CT molecular complexity index is 1630. The van der Waals surface area contributed by atoms with Crippen molar-refractivity contribution in [2.45, 2.75) is 32.0 Å². The summed E-state index contributed by atoms with van der Waals surface area (Å²) in [5, 5.41) is 16.5. The average molecular weight is 527 g/mol. The minimum Gasteiger partial charge on any atom is -0.461 e. The maximum Gasteiger partial charge on any atom is 0.358 e. The van der Waals surface area contributed by atoms with Gasteiger partial charge in [-0.1, -0.05) is 30.3 Å².